The topological polar surface area (TPSA) is 155 Å². The van der Waals surface area contributed by atoms with Crippen LogP contribution in [0.3, 0.4) is 0 Å². The van der Waals surface area contributed by atoms with Crippen molar-refractivity contribution in [2.24, 2.45) is 0 Å². The summed E-state index contributed by atoms with van der Waals surface area (Å²) in [7, 11) is -4.78. The van der Waals surface area contributed by atoms with Crippen molar-refractivity contribution in [1.82, 2.24) is 0 Å². The highest BCUT2D eigenvalue weighted by Gasteiger charge is 2.28. The third-order valence-corrected chi connectivity index (χ3v) is 12.1. The van der Waals surface area contributed by atoms with Gasteiger partial charge in [-0.25, -0.2) is 4.57 Å². The Kier molecular flexibility index (Phi) is 50.6. The van der Waals surface area contributed by atoms with E-state index < -0.39 is 57.8 Å². The minimum atomic E-state index is -4.78. The molecule has 2 N–H and O–H groups in total. The highest BCUT2D eigenvalue weighted by Crippen LogP contribution is 2.43. The SMILES string of the molecule is CC/C=C\C/C=C\C/C=C\C/C=C\CCCCC(=O)OC(COC(=O)CCCCCCCCC/C=C\CCCCCCCC)COP(=O)(O)OCC(CO)OC(=O)CC/C=C\C/C=C\C/C=C\C/C=C\CC. The van der Waals surface area contributed by atoms with Gasteiger partial charge in [0, 0.05) is 19.3 Å². The van der Waals surface area contributed by atoms with Gasteiger partial charge in [0.2, 0.25) is 0 Å². The molecular formula is C60H99O11P. The fourth-order valence-electron chi connectivity index (χ4n) is 7.00. The lowest BCUT2D eigenvalue weighted by atomic mass is 10.1. The summed E-state index contributed by atoms with van der Waals surface area (Å²) in [5.74, 6) is -1.62. The number of esters is 3. The van der Waals surface area contributed by atoms with Gasteiger partial charge in [0.05, 0.1) is 19.8 Å². The van der Waals surface area contributed by atoms with E-state index in [1.807, 2.05) is 18.2 Å². The molecule has 0 aromatic carbocycles. The maximum Gasteiger partial charge on any atom is 0.472 e. The molecule has 0 saturated carbocycles. The molecule has 0 bridgehead atoms. The molecule has 0 rings (SSSR count). The highest BCUT2D eigenvalue weighted by molar-refractivity contribution is 7.47. The summed E-state index contributed by atoms with van der Waals surface area (Å²) in [6.45, 7) is 4.26. The maximum atomic E-state index is 12.9. The average molecular weight is 1030 g/mol. The Bertz CT molecular complexity index is 1620. The second kappa shape index (κ2) is 53.4. The number of phosphoric acid groups is 1. The maximum absolute atomic E-state index is 12.9. The summed E-state index contributed by atoms with van der Waals surface area (Å²) in [4.78, 5) is 48.4. The Morgan fingerprint density at radius 3 is 1.24 bits per heavy atom. The van der Waals surface area contributed by atoms with Crippen LogP contribution in [0.25, 0.3) is 0 Å². The number of aliphatic hydroxyl groups excluding tert-OH is 1. The molecule has 12 heteroatoms. The van der Waals surface area contributed by atoms with Crippen LogP contribution in [0, 0.1) is 0 Å². The molecule has 410 valence electrons. The summed E-state index contributed by atoms with van der Waals surface area (Å²) in [5.41, 5.74) is 0. The van der Waals surface area contributed by atoms with E-state index in [-0.39, 0.29) is 25.9 Å². The number of phosphoric ester groups is 1. The van der Waals surface area contributed by atoms with E-state index in [4.69, 9.17) is 23.3 Å². The van der Waals surface area contributed by atoms with Crippen LogP contribution in [-0.4, -0.2) is 66.5 Å². The van der Waals surface area contributed by atoms with Crippen LogP contribution in [-0.2, 0) is 42.2 Å². The number of hydrogen-bond donors (Lipinski definition) is 2. The number of carbonyl (C=O) groups excluding carboxylic acids is 3. The zero-order valence-corrected chi connectivity index (χ0v) is 46.0. The molecule has 0 aliphatic rings. The van der Waals surface area contributed by atoms with Crippen LogP contribution < -0.4 is 0 Å². The van der Waals surface area contributed by atoms with Gasteiger partial charge < -0.3 is 24.2 Å². The first kappa shape index (κ1) is 68.1. The summed E-state index contributed by atoms with van der Waals surface area (Å²) in [6, 6.07) is 0. The van der Waals surface area contributed by atoms with Crippen molar-refractivity contribution in [2.45, 2.75) is 226 Å². The van der Waals surface area contributed by atoms with Gasteiger partial charge in [-0.2, -0.15) is 0 Å². The molecule has 0 heterocycles. The predicted molar refractivity (Wildman–Crippen MR) is 297 cm³/mol. The van der Waals surface area contributed by atoms with Gasteiger partial charge in [0.15, 0.2) is 6.10 Å². The molecule has 3 atom stereocenters. The second-order valence-corrected chi connectivity index (χ2v) is 19.4. The number of carbonyl (C=O) groups is 3. The number of unbranched alkanes of at least 4 members (excludes halogenated alkanes) is 15. The largest absolute Gasteiger partial charge is 0.472 e. The van der Waals surface area contributed by atoms with E-state index in [2.05, 4.69) is 112 Å². The first-order chi connectivity index (χ1) is 35.2. The van der Waals surface area contributed by atoms with Crippen molar-refractivity contribution < 1.29 is 52.2 Å². The smallest absolute Gasteiger partial charge is 0.462 e. The molecule has 0 aromatic rings. The van der Waals surface area contributed by atoms with Gasteiger partial charge in [0.1, 0.15) is 12.7 Å². The molecular weight excluding hydrogens is 928 g/mol. The third kappa shape index (κ3) is 51.1. The van der Waals surface area contributed by atoms with Crippen LogP contribution in [0.15, 0.2) is 109 Å². The van der Waals surface area contributed by atoms with Crippen LogP contribution in [0.4, 0.5) is 0 Å². The predicted octanol–water partition coefficient (Wildman–Crippen LogP) is 16.2. The van der Waals surface area contributed by atoms with E-state index in [0.29, 0.717) is 19.3 Å². The fraction of sp³-hybridized carbons (Fsp3) is 0.650. The minimum absolute atomic E-state index is 0.0475. The second-order valence-electron chi connectivity index (χ2n) is 18.0. The Morgan fingerprint density at radius 2 is 0.750 bits per heavy atom. The van der Waals surface area contributed by atoms with E-state index >= 15 is 0 Å². The standard InChI is InChI=1S/C60H99O11P/c1-4-7-10-13-16-19-22-25-27-28-30-32-34-37-40-43-46-49-58(62)67-53-57(71-60(64)51-48-45-42-39-36-33-29-26-23-20-17-14-11-8-5-2)55-69-72(65,66)68-54-56(52-61)70-59(63)50-47-44-41-38-35-31-24-21-18-15-12-9-6-3/h8-9,11-12,17-18,20-21,25-27,29,31,35-36,39,41,44,56-57,61H,4-7,10,13-16,19,22-24,28,30,32-34,37-38,40,42-43,45-55H2,1-3H3,(H,65,66)/b11-8-,12-9-,20-17-,21-18-,27-25-,29-26-,35-31-,39-36-,44-41-. The Labute approximate surface area is 437 Å². The van der Waals surface area contributed by atoms with Gasteiger partial charge in [-0.15, -0.1) is 0 Å². The normalized spacial score (nSPS) is 14.2. The number of allylic oxidation sites excluding steroid dienone is 18. The quantitative estimate of drug-likeness (QED) is 0.0197. The van der Waals surface area contributed by atoms with Crippen LogP contribution in [0.5, 0.6) is 0 Å². The summed E-state index contributed by atoms with van der Waals surface area (Å²) in [6.07, 6.45) is 63.6. The van der Waals surface area contributed by atoms with Crippen molar-refractivity contribution in [3.8, 4) is 0 Å². The van der Waals surface area contributed by atoms with Gasteiger partial charge in [0.25, 0.3) is 0 Å². The molecule has 0 fully saturated rings. The summed E-state index contributed by atoms with van der Waals surface area (Å²) in [5, 5.41) is 9.78. The molecule has 0 aliphatic heterocycles. The molecule has 0 amide bonds. The zero-order chi connectivity index (χ0) is 52.7. The molecule has 72 heavy (non-hydrogen) atoms. The van der Waals surface area contributed by atoms with Crippen LogP contribution >= 0.6 is 7.82 Å². The van der Waals surface area contributed by atoms with Crippen molar-refractivity contribution in [2.75, 3.05) is 26.4 Å². The average Bonchev–Trinajstić information content (AvgIpc) is 3.37. The lowest BCUT2D eigenvalue weighted by molar-refractivity contribution is -0.161. The molecule has 3 unspecified atom stereocenters. The van der Waals surface area contributed by atoms with E-state index in [9.17, 15) is 28.9 Å². The van der Waals surface area contributed by atoms with Gasteiger partial charge in [-0.1, -0.05) is 194 Å². The third-order valence-electron chi connectivity index (χ3n) is 11.2. The monoisotopic (exact) mass is 1030 g/mol. The summed E-state index contributed by atoms with van der Waals surface area (Å²) >= 11 is 0. The number of hydrogen-bond acceptors (Lipinski definition) is 10. The highest BCUT2D eigenvalue weighted by atomic mass is 31.2. The molecule has 0 aliphatic carbocycles. The Hall–Kier alpha value is -3.86. The molecule has 11 nitrogen and oxygen atoms in total. The molecule has 0 saturated heterocycles. The van der Waals surface area contributed by atoms with E-state index in [1.54, 1.807) is 0 Å². The van der Waals surface area contributed by atoms with E-state index in [0.717, 1.165) is 89.9 Å². The van der Waals surface area contributed by atoms with Gasteiger partial charge in [-0.05, 0) is 109 Å². The lowest BCUT2D eigenvalue weighted by Gasteiger charge is -2.21. The first-order valence-corrected chi connectivity index (χ1v) is 29.3. The number of ether oxygens (including phenoxy) is 3. The number of rotatable bonds is 50. The van der Waals surface area contributed by atoms with Gasteiger partial charge >= 0.3 is 25.7 Å². The van der Waals surface area contributed by atoms with E-state index in [1.165, 1.54) is 64.2 Å². The lowest BCUT2D eigenvalue weighted by Crippen LogP contribution is -2.30. The van der Waals surface area contributed by atoms with Crippen molar-refractivity contribution in [3.05, 3.63) is 109 Å². The van der Waals surface area contributed by atoms with Crippen molar-refractivity contribution in [3.63, 3.8) is 0 Å². The minimum Gasteiger partial charge on any atom is -0.462 e. The molecule has 0 aromatic heterocycles. The molecule has 0 spiro atoms. The number of aliphatic hydroxyl groups is 1. The first-order valence-electron chi connectivity index (χ1n) is 27.8. The Morgan fingerprint density at radius 1 is 0.403 bits per heavy atom. The molecule has 0 radical (unpaired) electrons. The zero-order valence-electron chi connectivity index (χ0n) is 45.1. The van der Waals surface area contributed by atoms with Crippen LogP contribution in [0.1, 0.15) is 213 Å². The van der Waals surface area contributed by atoms with Crippen LogP contribution in [0.2, 0.25) is 0 Å². The van der Waals surface area contributed by atoms with Gasteiger partial charge in [-0.3, -0.25) is 23.4 Å². The fourth-order valence-corrected chi connectivity index (χ4v) is 7.79. The van der Waals surface area contributed by atoms with Crippen molar-refractivity contribution in [1.29, 1.82) is 0 Å². The summed E-state index contributed by atoms with van der Waals surface area (Å²) < 4.78 is 39.3. The Balaban J connectivity index is 4.86. The van der Waals surface area contributed by atoms with Crippen molar-refractivity contribution >= 4 is 25.7 Å².